The fraction of sp³-hybridized carbons (Fsp3) is 0.500. The molecule has 0 saturated heterocycles. The van der Waals surface area contributed by atoms with Gasteiger partial charge in [-0.3, -0.25) is 0 Å². The summed E-state index contributed by atoms with van der Waals surface area (Å²) in [6.45, 7) is 5.15. The van der Waals surface area contributed by atoms with Gasteiger partial charge in [0.05, 0.1) is 10.5 Å². The van der Waals surface area contributed by atoms with Crippen molar-refractivity contribution in [1.29, 1.82) is 0 Å². The Labute approximate surface area is 124 Å². The van der Waals surface area contributed by atoms with Crippen LogP contribution in [0.25, 0.3) is 0 Å². The van der Waals surface area contributed by atoms with Crippen LogP contribution in [0.5, 0.6) is 0 Å². The number of rotatable bonds is 7. The molecule has 2 N–H and O–H groups in total. The molecule has 0 saturated carbocycles. The van der Waals surface area contributed by atoms with Crippen LogP contribution in [-0.2, 0) is 10.0 Å². The van der Waals surface area contributed by atoms with Crippen molar-refractivity contribution in [3.8, 4) is 0 Å². The Hall–Kier alpha value is -1.47. The zero-order valence-electron chi connectivity index (χ0n) is 12.3. The van der Waals surface area contributed by atoms with Crippen molar-refractivity contribution >= 4 is 16.0 Å². The fourth-order valence-corrected chi connectivity index (χ4v) is 3.49. The van der Waals surface area contributed by atoms with E-state index < -0.39 is 27.4 Å². The molecule has 7 heteroatoms. The summed E-state index contributed by atoms with van der Waals surface area (Å²) in [6.07, 6.45) is 2.13. The van der Waals surface area contributed by atoms with Gasteiger partial charge in [-0.25, -0.2) is 22.3 Å². The summed E-state index contributed by atoms with van der Waals surface area (Å²) >= 11 is 0. The Morgan fingerprint density at radius 2 is 2.00 bits per heavy atom. The molecule has 1 aromatic carbocycles. The Bertz CT molecular complexity index is 628. The highest BCUT2D eigenvalue weighted by Crippen LogP contribution is 2.20. The lowest BCUT2D eigenvalue weighted by molar-refractivity contribution is 0.0691. The number of hydrogen-bond donors (Lipinski definition) is 2. The highest BCUT2D eigenvalue weighted by atomic mass is 32.2. The fourth-order valence-electron chi connectivity index (χ4n) is 2.03. The second-order valence-corrected chi connectivity index (χ2v) is 6.64. The van der Waals surface area contributed by atoms with E-state index in [2.05, 4.69) is 4.72 Å². The van der Waals surface area contributed by atoms with Crippen LogP contribution in [0.4, 0.5) is 4.39 Å². The van der Waals surface area contributed by atoms with Crippen molar-refractivity contribution in [3.63, 3.8) is 0 Å². The molecule has 1 atom stereocenters. The van der Waals surface area contributed by atoms with Gasteiger partial charge in [0.2, 0.25) is 10.0 Å². The number of carbonyl (C=O) groups is 1. The highest BCUT2D eigenvalue weighted by Gasteiger charge is 2.23. The lowest BCUT2D eigenvalue weighted by atomic mass is 10.1. The third kappa shape index (κ3) is 4.25. The quantitative estimate of drug-likeness (QED) is 0.810. The lowest BCUT2D eigenvalue weighted by Crippen LogP contribution is -2.34. The molecule has 0 bridgehead atoms. The summed E-state index contributed by atoms with van der Waals surface area (Å²) in [4.78, 5) is 10.8. The summed E-state index contributed by atoms with van der Waals surface area (Å²) in [5.41, 5.74) is -0.655. The maximum atomic E-state index is 13.7. The first-order valence-corrected chi connectivity index (χ1v) is 8.27. The third-order valence-electron chi connectivity index (χ3n) is 3.22. The van der Waals surface area contributed by atoms with Crippen molar-refractivity contribution in [2.45, 2.75) is 51.0 Å². The maximum absolute atomic E-state index is 13.7. The highest BCUT2D eigenvalue weighted by molar-refractivity contribution is 7.89. The first-order chi connectivity index (χ1) is 9.72. The van der Waals surface area contributed by atoms with E-state index in [4.69, 9.17) is 5.11 Å². The second kappa shape index (κ2) is 7.00. The minimum atomic E-state index is -3.87. The number of nitrogens with one attached hydrogen (secondary N) is 1. The molecule has 0 heterocycles. The number of halogens is 1. The zero-order chi connectivity index (χ0) is 16.2. The molecule has 0 fully saturated rings. The standard InChI is InChI=1S/C14H20FNO4S/c1-4-6-10(5-2)16-21(19,20)11-7-9(3)13(15)12(8-11)14(17)18/h7-8,10,16H,4-6H2,1-3H3,(H,17,18). The Kier molecular flexibility index (Phi) is 5.86. The summed E-state index contributed by atoms with van der Waals surface area (Å²) in [5, 5.41) is 8.94. The van der Waals surface area contributed by atoms with Gasteiger partial charge < -0.3 is 5.11 Å². The molecule has 0 radical (unpaired) electrons. The molecule has 118 valence electrons. The summed E-state index contributed by atoms with van der Waals surface area (Å²) < 4.78 is 40.8. The van der Waals surface area contributed by atoms with Crippen LogP contribution in [-0.4, -0.2) is 25.5 Å². The van der Waals surface area contributed by atoms with E-state index >= 15 is 0 Å². The average molecular weight is 317 g/mol. The summed E-state index contributed by atoms with van der Waals surface area (Å²) in [7, 11) is -3.87. The van der Waals surface area contributed by atoms with Gasteiger partial charge in [0.15, 0.2) is 0 Å². The van der Waals surface area contributed by atoms with Crippen LogP contribution in [0.2, 0.25) is 0 Å². The van der Waals surface area contributed by atoms with E-state index in [0.717, 1.165) is 18.6 Å². The molecule has 0 amide bonds. The van der Waals surface area contributed by atoms with Crippen LogP contribution in [0.1, 0.15) is 49.0 Å². The molecule has 1 rings (SSSR count). The van der Waals surface area contributed by atoms with Gasteiger partial charge >= 0.3 is 5.97 Å². The maximum Gasteiger partial charge on any atom is 0.338 e. The molecule has 0 aliphatic rings. The van der Waals surface area contributed by atoms with E-state index in [0.29, 0.717) is 12.8 Å². The van der Waals surface area contributed by atoms with Gasteiger partial charge in [0.25, 0.3) is 0 Å². The SMILES string of the molecule is CCCC(CC)NS(=O)(=O)c1cc(C)c(F)c(C(=O)O)c1. The number of carboxylic acid groups (broad SMARTS) is 1. The first kappa shape index (κ1) is 17.6. The molecular weight excluding hydrogens is 297 g/mol. The van der Waals surface area contributed by atoms with Crippen molar-refractivity contribution < 1.29 is 22.7 Å². The van der Waals surface area contributed by atoms with Gasteiger partial charge in [-0.2, -0.15) is 0 Å². The average Bonchev–Trinajstić information content (AvgIpc) is 2.40. The van der Waals surface area contributed by atoms with Crippen LogP contribution in [0, 0.1) is 12.7 Å². The number of aromatic carboxylic acids is 1. The Morgan fingerprint density at radius 3 is 2.48 bits per heavy atom. The molecular formula is C14H20FNO4S. The molecule has 0 spiro atoms. The van der Waals surface area contributed by atoms with E-state index in [1.165, 1.54) is 6.92 Å². The Balaban J connectivity index is 3.23. The van der Waals surface area contributed by atoms with Crippen LogP contribution >= 0.6 is 0 Å². The Morgan fingerprint density at radius 1 is 1.38 bits per heavy atom. The van der Waals surface area contributed by atoms with E-state index in [1.54, 1.807) is 0 Å². The van der Waals surface area contributed by atoms with Gasteiger partial charge in [-0.15, -0.1) is 0 Å². The predicted octanol–water partition coefficient (Wildman–Crippen LogP) is 2.69. The normalized spacial score (nSPS) is 13.1. The monoisotopic (exact) mass is 317 g/mol. The summed E-state index contributed by atoms with van der Waals surface area (Å²) in [5.74, 6) is -2.41. The van der Waals surface area contributed by atoms with Crippen LogP contribution < -0.4 is 4.72 Å². The zero-order valence-corrected chi connectivity index (χ0v) is 13.1. The molecule has 21 heavy (non-hydrogen) atoms. The number of sulfonamides is 1. The second-order valence-electron chi connectivity index (χ2n) is 4.92. The van der Waals surface area contributed by atoms with Crippen molar-refractivity contribution in [2.24, 2.45) is 0 Å². The van der Waals surface area contributed by atoms with Crippen LogP contribution in [0.15, 0.2) is 17.0 Å². The molecule has 0 aliphatic carbocycles. The molecule has 1 aromatic rings. The number of hydrogen-bond acceptors (Lipinski definition) is 3. The van der Waals surface area contributed by atoms with E-state index in [9.17, 15) is 17.6 Å². The van der Waals surface area contributed by atoms with Crippen molar-refractivity contribution in [1.82, 2.24) is 4.72 Å². The van der Waals surface area contributed by atoms with Gasteiger partial charge in [-0.05, 0) is 37.5 Å². The molecule has 0 aliphatic heterocycles. The van der Waals surface area contributed by atoms with Crippen LogP contribution in [0.3, 0.4) is 0 Å². The van der Waals surface area contributed by atoms with Gasteiger partial charge in [-0.1, -0.05) is 20.3 Å². The van der Waals surface area contributed by atoms with Crippen molar-refractivity contribution in [3.05, 3.63) is 29.1 Å². The minimum absolute atomic E-state index is 0.0150. The first-order valence-electron chi connectivity index (χ1n) is 6.78. The molecule has 0 aromatic heterocycles. The largest absolute Gasteiger partial charge is 0.478 e. The third-order valence-corrected chi connectivity index (χ3v) is 4.72. The molecule has 5 nitrogen and oxygen atoms in total. The van der Waals surface area contributed by atoms with E-state index in [1.807, 2.05) is 13.8 Å². The van der Waals surface area contributed by atoms with E-state index in [-0.39, 0.29) is 16.5 Å². The van der Waals surface area contributed by atoms with Gasteiger partial charge in [0, 0.05) is 6.04 Å². The number of carboxylic acids is 1. The number of benzene rings is 1. The lowest BCUT2D eigenvalue weighted by Gasteiger charge is -2.17. The molecule has 1 unspecified atom stereocenters. The summed E-state index contributed by atoms with van der Waals surface area (Å²) in [6, 6.07) is 1.77. The van der Waals surface area contributed by atoms with Crippen molar-refractivity contribution in [2.75, 3.05) is 0 Å². The predicted molar refractivity (Wildman–Crippen MR) is 77.4 cm³/mol. The smallest absolute Gasteiger partial charge is 0.338 e. The number of aryl methyl sites for hydroxylation is 1. The minimum Gasteiger partial charge on any atom is -0.478 e. The topological polar surface area (TPSA) is 83.5 Å². The van der Waals surface area contributed by atoms with Gasteiger partial charge in [0.1, 0.15) is 5.82 Å².